The van der Waals surface area contributed by atoms with Gasteiger partial charge in [-0.25, -0.2) is 0 Å². The van der Waals surface area contributed by atoms with E-state index in [2.05, 4.69) is 15.6 Å². The molecule has 0 atom stereocenters. The van der Waals surface area contributed by atoms with Crippen molar-refractivity contribution in [2.75, 3.05) is 19.6 Å². The van der Waals surface area contributed by atoms with Crippen molar-refractivity contribution >= 4 is 10.2 Å². The molecular formula is C5H13N2Si. The van der Waals surface area contributed by atoms with Gasteiger partial charge in [0.2, 0.25) is 0 Å². The third kappa shape index (κ3) is 6.14. The summed E-state index contributed by atoms with van der Waals surface area (Å²) < 4.78 is 0. The van der Waals surface area contributed by atoms with E-state index in [4.69, 9.17) is 5.73 Å². The minimum absolute atomic E-state index is 0.738. The van der Waals surface area contributed by atoms with E-state index in [9.17, 15) is 0 Å². The van der Waals surface area contributed by atoms with Crippen molar-refractivity contribution in [3.63, 3.8) is 0 Å². The summed E-state index contributed by atoms with van der Waals surface area (Å²) >= 11 is 0. The van der Waals surface area contributed by atoms with Gasteiger partial charge < -0.3 is 11.1 Å². The van der Waals surface area contributed by atoms with E-state index < -0.39 is 0 Å². The average Bonchev–Trinajstić information content (AvgIpc) is 1.81. The Kier molecular flexibility index (Phi) is 7.26. The highest BCUT2D eigenvalue weighted by Crippen LogP contribution is 1.78. The van der Waals surface area contributed by atoms with Gasteiger partial charge >= 0.3 is 0 Å². The van der Waals surface area contributed by atoms with E-state index in [0.29, 0.717) is 0 Å². The van der Waals surface area contributed by atoms with Crippen molar-refractivity contribution in [3.05, 3.63) is 0 Å². The molecule has 0 amide bonds. The summed E-state index contributed by atoms with van der Waals surface area (Å²) in [4.78, 5) is 0. The minimum Gasteiger partial charge on any atom is -0.329 e. The SMILES string of the molecule is NCCNCCC[Si]. The second-order valence-corrected chi connectivity index (χ2v) is 2.14. The van der Waals surface area contributed by atoms with Gasteiger partial charge in [0, 0.05) is 23.3 Å². The first kappa shape index (κ1) is 8.14. The second-order valence-electron chi connectivity index (χ2n) is 1.64. The summed E-state index contributed by atoms with van der Waals surface area (Å²) in [5.74, 6) is 0. The Morgan fingerprint density at radius 2 is 2.12 bits per heavy atom. The van der Waals surface area contributed by atoms with Gasteiger partial charge in [0.25, 0.3) is 0 Å². The maximum atomic E-state index is 5.24. The van der Waals surface area contributed by atoms with Gasteiger partial charge in [0.1, 0.15) is 0 Å². The molecule has 0 aromatic rings. The molecule has 0 aromatic heterocycles. The maximum Gasteiger partial charge on any atom is 0.0222 e. The summed E-state index contributed by atoms with van der Waals surface area (Å²) in [6.45, 7) is 2.74. The normalized spacial score (nSPS) is 9.75. The molecule has 0 unspecified atom stereocenters. The quantitative estimate of drug-likeness (QED) is 0.388. The Balaban J connectivity index is 2.53. The summed E-state index contributed by atoms with van der Waals surface area (Å²) in [7, 11) is 3.37. The van der Waals surface area contributed by atoms with Crippen molar-refractivity contribution in [2.24, 2.45) is 5.73 Å². The van der Waals surface area contributed by atoms with Gasteiger partial charge in [-0.05, 0) is 13.0 Å². The van der Waals surface area contributed by atoms with Gasteiger partial charge in [0.05, 0.1) is 0 Å². The van der Waals surface area contributed by atoms with Gasteiger partial charge in [-0.15, -0.1) is 0 Å². The molecule has 0 saturated carbocycles. The van der Waals surface area contributed by atoms with Crippen LogP contribution in [0.3, 0.4) is 0 Å². The molecule has 47 valence electrons. The smallest absolute Gasteiger partial charge is 0.0222 e. The fraction of sp³-hybridized carbons (Fsp3) is 1.00. The fourth-order valence-corrected chi connectivity index (χ4v) is 0.617. The molecule has 0 spiro atoms. The summed E-state index contributed by atoms with van der Waals surface area (Å²) in [6, 6.07) is 1.07. The first-order valence-electron chi connectivity index (χ1n) is 2.97. The lowest BCUT2D eigenvalue weighted by molar-refractivity contribution is 0.678. The van der Waals surface area contributed by atoms with Crippen molar-refractivity contribution in [3.8, 4) is 0 Å². The van der Waals surface area contributed by atoms with Crippen LogP contribution in [0.1, 0.15) is 6.42 Å². The lowest BCUT2D eigenvalue weighted by atomic mass is 10.5. The largest absolute Gasteiger partial charge is 0.329 e. The van der Waals surface area contributed by atoms with Crippen LogP contribution < -0.4 is 11.1 Å². The van der Waals surface area contributed by atoms with Crippen LogP contribution in [0.5, 0.6) is 0 Å². The third-order valence-electron chi connectivity index (χ3n) is 0.851. The number of rotatable bonds is 5. The van der Waals surface area contributed by atoms with E-state index >= 15 is 0 Å². The van der Waals surface area contributed by atoms with Crippen LogP contribution in [0.25, 0.3) is 0 Å². The van der Waals surface area contributed by atoms with E-state index in [1.165, 1.54) is 6.42 Å². The lowest BCUT2D eigenvalue weighted by Gasteiger charge is -1.98. The number of hydrogen-bond acceptors (Lipinski definition) is 2. The fourth-order valence-electron chi connectivity index (χ4n) is 0.440. The zero-order valence-corrected chi connectivity index (χ0v) is 6.11. The summed E-state index contributed by atoms with van der Waals surface area (Å²) in [5, 5.41) is 3.18. The highest BCUT2D eigenvalue weighted by Gasteiger charge is 1.80. The molecule has 0 aliphatic rings. The topological polar surface area (TPSA) is 38.0 Å². The molecule has 0 aliphatic heterocycles. The molecule has 0 fully saturated rings. The molecule has 0 rings (SSSR count). The Morgan fingerprint density at radius 3 is 2.62 bits per heavy atom. The Morgan fingerprint density at radius 1 is 1.38 bits per heavy atom. The van der Waals surface area contributed by atoms with E-state index in [1.807, 2.05) is 0 Å². The zero-order chi connectivity index (χ0) is 6.24. The van der Waals surface area contributed by atoms with Crippen molar-refractivity contribution < 1.29 is 0 Å². The monoisotopic (exact) mass is 129 g/mol. The highest BCUT2D eigenvalue weighted by molar-refractivity contribution is 6.08. The summed E-state index contributed by atoms with van der Waals surface area (Å²) in [5.41, 5.74) is 5.24. The van der Waals surface area contributed by atoms with Crippen molar-refractivity contribution in [1.82, 2.24) is 5.32 Å². The van der Waals surface area contributed by atoms with Crippen LogP contribution in [-0.4, -0.2) is 29.9 Å². The van der Waals surface area contributed by atoms with Crippen LogP contribution in [0.4, 0.5) is 0 Å². The predicted molar refractivity (Wildman–Crippen MR) is 37.1 cm³/mol. The molecule has 3 N–H and O–H groups in total. The number of nitrogens with two attached hydrogens (primary N) is 1. The predicted octanol–water partition coefficient (Wildman–Crippen LogP) is -0.488. The molecule has 0 aliphatic carbocycles. The number of nitrogens with one attached hydrogen (secondary N) is 1. The number of hydrogen-bond donors (Lipinski definition) is 2. The third-order valence-corrected chi connectivity index (χ3v) is 1.20. The molecule has 0 aromatic carbocycles. The molecule has 8 heavy (non-hydrogen) atoms. The maximum absolute atomic E-state index is 5.24. The zero-order valence-electron chi connectivity index (χ0n) is 5.11. The summed E-state index contributed by atoms with van der Waals surface area (Å²) in [6.07, 6.45) is 1.18. The van der Waals surface area contributed by atoms with Crippen LogP contribution in [-0.2, 0) is 0 Å². The highest BCUT2D eigenvalue weighted by atomic mass is 28.1. The molecule has 2 nitrogen and oxygen atoms in total. The van der Waals surface area contributed by atoms with Crippen LogP contribution >= 0.6 is 0 Å². The molecular weight excluding hydrogens is 116 g/mol. The second kappa shape index (κ2) is 7.14. The average molecular weight is 129 g/mol. The van der Waals surface area contributed by atoms with Crippen molar-refractivity contribution in [1.29, 1.82) is 0 Å². The lowest BCUT2D eigenvalue weighted by Crippen LogP contribution is -2.23. The molecule has 0 saturated heterocycles. The van der Waals surface area contributed by atoms with Gasteiger partial charge in [0.15, 0.2) is 0 Å². The van der Waals surface area contributed by atoms with Crippen LogP contribution in [0.15, 0.2) is 0 Å². The minimum atomic E-state index is 0.738. The van der Waals surface area contributed by atoms with Crippen LogP contribution in [0, 0.1) is 0 Å². The van der Waals surface area contributed by atoms with Gasteiger partial charge in [-0.2, -0.15) is 0 Å². The Labute approximate surface area is 54.3 Å². The van der Waals surface area contributed by atoms with E-state index in [0.717, 1.165) is 25.7 Å². The molecule has 0 heterocycles. The molecule has 3 radical (unpaired) electrons. The van der Waals surface area contributed by atoms with Crippen LogP contribution in [0.2, 0.25) is 6.04 Å². The van der Waals surface area contributed by atoms with E-state index in [1.54, 1.807) is 0 Å². The molecule has 3 heteroatoms. The van der Waals surface area contributed by atoms with Crippen molar-refractivity contribution in [2.45, 2.75) is 12.5 Å². The standard InChI is InChI=1S/C5H13N2Si/c6-2-4-7-3-1-5-8/h7H,1-6H2. The van der Waals surface area contributed by atoms with Gasteiger partial charge in [-0.3, -0.25) is 0 Å². The first-order chi connectivity index (χ1) is 3.91. The van der Waals surface area contributed by atoms with Gasteiger partial charge in [-0.1, -0.05) is 6.04 Å². The Bertz CT molecular complexity index is 35.4. The first-order valence-corrected chi connectivity index (χ1v) is 3.68. The Hall–Kier alpha value is 0.137. The van der Waals surface area contributed by atoms with E-state index in [-0.39, 0.29) is 0 Å². The molecule has 0 bridgehead atoms.